The molecule has 2 fully saturated rings. The molecule has 1 saturated carbocycles. The van der Waals surface area contributed by atoms with Crippen LogP contribution >= 0.6 is 0 Å². The monoisotopic (exact) mass is 466 g/mol. The summed E-state index contributed by atoms with van der Waals surface area (Å²) in [6, 6.07) is 5.70. The van der Waals surface area contributed by atoms with Gasteiger partial charge >= 0.3 is 6.18 Å². The van der Waals surface area contributed by atoms with Crippen LogP contribution in [0.4, 0.5) is 18.9 Å². The largest absolute Gasteiger partial charge is 0.417 e. The summed E-state index contributed by atoms with van der Waals surface area (Å²) in [4.78, 5) is 15.9. The second-order valence-corrected chi connectivity index (χ2v) is 8.99. The maximum Gasteiger partial charge on any atom is 0.417 e. The van der Waals surface area contributed by atoms with Gasteiger partial charge in [0.2, 0.25) is 5.91 Å². The molecule has 1 aromatic carbocycles. The summed E-state index contributed by atoms with van der Waals surface area (Å²) in [6.07, 6.45) is 0.0293. The Hall–Kier alpha value is -2.31. The van der Waals surface area contributed by atoms with E-state index in [2.05, 4.69) is 4.90 Å². The predicted octanol–water partition coefficient (Wildman–Crippen LogP) is 3.79. The van der Waals surface area contributed by atoms with Gasteiger partial charge in [-0.3, -0.25) is 9.69 Å². The van der Waals surface area contributed by atoms with Crippen molar-refractivity contribution in [3.05, 3.63) is 29.3 Å². The van der Waals surface area contributed by atoms with Gasteiger partial charge in [-0.2, -0.15) is 18.4 Å². The van der Waals surface area contributed by atoms with Gasteiger partial charge in [0.05, 0.1) is 16.8 Å². The standard InChI is InChI=1S/C24H33F3N4O2/c1-2-33-22(23(29)32)18-8-6-17(7-9-18)10-11-30-12-14-31(15-13-30)21-5-3-4-20(19(21)16-28)24(25,26)27/h3-5,17-18,22H,2,6-15H2,1H3,(H2,29,32). The third kappa shape index (κ3) is 6.39. The molecule has 33 heavy (non-hydrogen) atoms. The lowest BCUT2D eigenvalue weighted by Crippen LogP contribution is -2.47. The Morgan fingerprint density at radius 2 is 1.88 bits per heavy atom. The number of nitrogens with two attached hydrogens (primary N) is 1. The van der Waals surface area contributed by atoms with Crippen LogP contribution in [-0.2, 0) is 15.7 Å². The fraction of sp³-hybridized carbons (Fsp3) is 0.667. The molecule has 1 aliphatic carbocycles. The van der Waals surface area contributed by atoms with E-state index in [-0.39, 0.29) is 17.4 Å². The lowest BCUT2D eigenvalue weighted by atomic mass is 9.78. The molecule has 1 heterocycles. The van der Waals surface area contributed by atoms with Gasteiger partial charge in [0.15, 0.2) is 0 Å². The first-order chi connectivity index (χ1) is 15.7. The van der Waals surface area contributed by atoms with Gasteiger partial charge in [0.25, 0.3) is 0 Å². The molecule has 1 aromatic rings. The van der Waals surface area contributed by atoms with Crippen LogP contribution in [0.15, 0.2) is 18.2 Å². The van der Waals surface area contributed by atoms with Crippen LogP contribution in [0.25, 0.3) is 0 Å². The highest BCUT2D eigenvalue weighted by Crippen LogP contribution is 2.36. The maximum absolute atomic E-state index is 13.3. The van der Waals surface area contributed by atoms with Crippen LogP contribution in [0.2, 0.25) is 0 Å². The van der Waals surface area contributed by atoms with Crippen LogP contribution in [0.1, 0.15) is 50.2 Å². The van der Waals surface area contributed by atoms with Gasteiger partial charge in [0.1, 0.15) is 12.2 Å². The number of hydrogen-bond acceptors (Lipinski definition) is 5. The molecule has 1 aliphatic heterocycles. The smallest absolute Gasteiger partial charge is 0.368 e. The summed E-state index contributed by atoms with van der Waals surface area (Å²) in [5.74, 6) is 0.422. The minimum Gasteiger partial charge on any atom is -0.368 e. The molecule has 0 aromatic heterocycles. The van der Waals surface area contributed by atoms with Crippen LogP contribution in [0, 0.1) is 23.2 Å². The Kier molecular flexibility index (Phi) is 8.60. The van der Waals surface area contributed by atoms with Crippen molar-refractivity contribution in [2.24, 2.45) is 17.6 Å². The van der Waals surface area contributed by atoms with Crippen molar-refractivity contribution in [2.75, 3.05) is 44.2 Å². The molecular formula is C24H33F3N4O2. The fourth-order valence-corrected chi connectivity index (χ4v) is 5.14. The van der Waals surface area contributed by atoms with Gasteiger partial charge in [-0.15, -0.1) is 0 Å². The van der Waals surface area contributed by atoms with E-state index in [9.17, 15) is 23.2 Å². The topological polar surface area (TPSA) is 82.6 Å². The third-order valence-corrected chi connectivity index (χ3v) is 6.97. The molecule has 1 saturated heterocycles. The zero-order valence-electron chi connectivity index (χ0n) is 19.1. The highest BCUT2D eigenvalue weighted by atomic mass is 19.4. The fourth-order valence-electron chi connectivity index (χ4n) is 5.14. The Balaban J connectivity index is 1.47. The van der Waals surface area contributed by atoms with Gasteiger partial charge in [-0.05, 0) is 56.7 Å². The number of primary amides is 1. The molecule has 2 N–H and O–H groups in total. The normalized spacial score (nSPS) is 23.2. The van der Waals surface area contributed by atoms with Gasteiger partial charge in [0, 0.05) is 32.8 Å². The highest BCUT2D eigenvalue weighted by molar-refractivity contribution is 5.79. The van der Waals surface area contributed by atoms with E-state index in [1.165, 1.54) is 6.07 Å². The lowest BCUT2D eigenvalue weighted by Gasteiger charge is -2.38. The highest BCUT2D eigenvalue weighted by Gasteiger charge is 2.36. The van der Waals surface area contributed by atoms with Crippen molar-refractivity contribution in [1.82, 2.24) is 4.90 Å². The van der Waals surface area contributed by atoms with Crippen molar-refractivity contribution in [3.8, 4) is 6.07 Å². The number of piperazine rings is 1. The number of nitriles is 1. The number of nitrogens with zero attached hydrogens (tertiary/aromatic N) is 3. The number of rotatable bonds is 8. The summed E-state index contributed by atoms with van der Waals surface area (Å²) in [7, 11) is 0. The molecule has 0 bridgehead atoms. The zero-order chi connectivity index (χ0) is 24.0. The van der Waals surface area contributed by atoms with E-state index in [1.54, 1.807) is 12.1 Å². The molecule has 1 amide bonds. The summed E-state index contributed by atoms with van der Waals surface area (Å²) in [5.41, 5.74) is 4.70. The Morgan fingerprint density at radius 3 is 2.42 bits per heavy atom. The average Bonchev–Trinajstić information content (AvgIpc) is 2.80. The number of anilines is 1. The molecule has 3 rings (SSSR count). The Bertz CT molecular complexity index is 839. The molecule has 2 aliphatic rings. The predicted molar refractivity (Wildman–Crippen MR) is 119 cm³/mol. The molecule has 1 atom stereocenters. The number of carbonyl (C=O) groups is 1. The van der Waals surface area contributed by atoms with E-state index in [0.29, 0.717) is 31.3 Å². The summed E-state index contributed by atoms with van der Waals surface area (Å²) >= 11 is 0. The molecule has 9 heteroatoms. The summed E-state index contributed by atoms with van der Waals surface area (Å²) < 4.78 is 45.3. The van der Waals surface area contributed by atoms with Crippen LogP contribution in [0.5, 0.6) is 0 Å². The molecule has 0 spiro atoms. The van der Waals surface area contributed by atoms with Crippen molar-refractivity contribution < 1.29 is 22.7 Å². The van der Waals surface area contributed by atoms with Crippen molar-refractivity contribution in [2.45, 2.75) is 51.3 Å². The van der Waals surface area contributed by atoms with E-state index >= 15 is 0 Å². The van der Waals surface area contributed by atoms with Crippen molar-refractivity contribution in [1.29, 1.82) is 5.26 Å². The average molecular weight is 467 g/mol. The first-order valence-electron chi connectivity index (χ1n) is 11.7. The number of amides is 1. The number of hydrogen-bond donors (Lipinski definition) is 1. The number of halogens is 3. The summed E-state index contributed by atoms with van der Waals surface area (Å²) in [5, 5.41) is 9.37. The van der Waals surface area contributed by atoms with Crippen LogP contribution < -0.4 is 10.6 Å². The van der Waals surface area contributed by atoms with E-state index in [1.807, 2.05) is 11.8 Å². The minimum atomic E-state index is -4.54. The van der Waals surface area contributed by atoms with E-state index in [4.69, 9.17) is 10.5 Å². The number of ether oxygens (including phenoxy) is 1. The van der Waals surface area contributed by atoms with Gasteiger partial charge in [-0.1, -0.05) is 18.9 Å². The molecule has 1 unspecified atom stereocenters. The van der Waals surface area contributed by atoms with Crippen molar-refractivity contribution >= 4 is 11.6 Å². The summed E-state index contributed by atoms with van der Waals surface area (Å²) in [6.45, 7) is 6.00. The lowest BCUT2D eigenvalue weighted by molar-refractivity contribution is -0.137. The second-order valence-electron chi connectivity index (χ2n) is 8.99. The van der Waals surface area contributed by atoms with E-state index < -0.39 is 17.8 Å². The molecule has 6 nitrogen and oxygen atoms in total. The number of alkyl halides is 3. The molecular weight excluding hydrogens is 433 g/mol. The number of carbonyl (C=O) groups excluding carboxylic acids is 1. The minimum absolute atomic E-state index is 0.198. The Morgan fingerprint density at radius 1 is 1.21 bits per heavy atom. The SMILES string of the molecule is CCOC(C(N)=O)C1CCC(CCN2CCN(c3cccc(C(F)(F)F)c3C#N)CC2)CC1. The molecule has 182 valence electrons. The van der Waals surface area contributed by atoms with Crippen LogP contribution in [0.3, 0.4) is 0 Å². The van der Waals surface area contributed by atoms with E-state index in [0.717, 1.165) is 57.8 Å². The van der Waals surface area contributed by atoms with Gasteiger partial charge < -0.3 is 15.4 Å². The quantitative estimate of drug-likeness (QED) is 0.631. The first kappa shape index (κ1) is 25.3. The van der Waals surface area contributed by atoms with Gasteiger partial charge in [-0.25, -0.2) is 0 Å². The van der Waals surface area contributed by atoms with Crippen molar-refractivity contribution in [3.63, 3.8) is 0 Å². The maximum atomic E-state index is 13.3. The first-order valence-corrected chi connectivity index (χ1v) is 11.7. The third-order valence-electron chi connectivity index (χ3n) is 6.97. The Labute approximate surface area is 193 Å². The zero-order valence-corrected chi connectivity index (χ0v) is 19.1. The molecule has 0 radical (unpaired) electrons. The van der Waals surface area contributed by atoms with Crippen LogP contribution in [-0.4, -0.2) is 56.2 Å². The second kappa shape index (κ2) is 11.2. The number of benzene rings is 1.